The van der Waals surface area contributed by atoms with Crippen molar-refractivity contribution in [3.63, 3.8) is 0 Å². The number of pyridine rings is 1. The maximum absolute atomic E-state index is 12.6. The van der Waals surface area contributed by atoms with Crippen LogP contribution in [0.25, 0.3) is 0 Å². The Morgan fingerprint density at radius 1 is 1.11 bits per heavy atom. The average Bonchev–Trinajstić information content (AvgIpc) is 2.83. The van der Waals surface area contributed by atoms with E-state index in [-0.39, 0.29) is 69.3 Å². The van der Waals surface area contributed by atoms with Crippen molar-refractivity contribution in [1.29, 1.82) is 0 Å². The molecule has 3 rings (SSSR count). The first kappa shape index (κ1) is 33.0. The zero-order chi connectivity index (χ0) is 26.1. The van der Waals surface area contributed by atoms with Crippen molar-refractivity contribution in [2.75, 3.05) is 5.32 Å². The smallest absolute Gasteiger partial charge is 0.370 e. The fraction of sp³-hybridized carbons (Fsp3) is 0.440. The Labute approximate surface area is 254 Å². The molecule has 0 bridgehead atoms. The molecule has 6 nitrogen and oxygen atoms in total. The van der Waals surface area contributed by atoms with Gasteiger partial charge in [0.2, 0.25) is 5.91 Å². The summed E-state index contributed by atoms with van der Waals surface area (Å²) in [5.41, 5.74) is 4.16. The number of nitrogens with two attached hydrogens (primary N) is 1. The molecule has 0 unspecified atom stereocenters. The molecule has 0 atom stereocenters. The van der Waals surface area contributed by atoms with Crippen LogP contribution in [0, 0.1) is 25.8 Å². The largest absolute Gasteiger partial charge is 1.00 e. The molecule has 1 saturated carbocycles. The predicted octanol–water partition coefficient (Wildman–Crippen LogP) is 2.03. The molecule has 1 fully saturated rings. The first-order chi connectivity index (χ1) is 16.5. The van der Waals surface area contributed by atoms with E-state index in [0.717, 1.165) is 25.1 Å². The van der Waals surface area contributed by atoms with Crippen LogP contribution in [0.15, 0.2) is 47.5 Å². The number of carbonyl (C=O) groups is 1. The molecule has 0 spiro atoms. The van der Waals surface area contributed by atoms with Gasteiger partial charge in [0.25, 0.3) is 0 Å². The van der Waals surface area contributed by atoms with Crippen molar-refractivity contribution in [1.82, 2.24) is 4.98 Å². The molecule has 0 saturated heterocycles. The van der Waals surface area contributed by atoms with E-state index in [1.54, 1.807) is 24.3 Å². The summed E-state index contributed by atoms with van der Waals surface area (Å²) in [4.78, 5) is 14.4. The van der Waals surface area contributed by atoms with Crippen LogP contribution in [-0.4, -0.2) is 30.6 Å². The third kappa shape index (κ3) is 10.4. The minimum Gasteiger partial charge on any atom is -0.370 e. The summed E-state index contributed by atoms with van der Waals surface area (Å²) in [7, 11) is -3.37. The van der Waals surface area contributed by atoms with Crippen molar-refractivity contribution in [2.24, 2.45) is 11.7 Å². The normalized spacial score (nSPS) is 17.9. The van der Waals surface area contributed by atoms with Gasteiger partial charge in [-0.1, -0.05) is 5.92 Å². The molecule has 1 heterocycles. The molecule has 1 amide bonds. The van der Waals surface area contributed by atoms with Gasteiger partial charge in [-0.2, -0.15) is 56.3 Å². The Kier molecular flexibility index (Phi) is 14.2. The number of rotatable bonds is 8. The van der Waals surface area contributed by atoms with E-state index in [9.17, 15) is 26.4 Å². The Bertz CT molecular complexity index is 1020. The first-order valence-electron chi connectivity index (χ1n) is 11.3. The maximum Gasteiger partial charge on any atom is 1.00 e. The van der Waals surface area contributed by atoms with Crippen molar-refractivity contribution in [3.05, 3.63) is 68.1 Å². The molecule has 0 aliphatic heterocycles. The molecular weight excluding hydrogens is 518 g/mol. The van der Waals surface area contributed by atoms with Gasteiger partial charge in [0.15, 0.2) is 9.84 Å². The van der Waals surface area contributed by atoms with Gasteiger partial charge >= 0.3 is 57.6 Å². The van der Waals surface area contributed by atoms with E-state index in [4.69, 9.17) is 5.73 Å². The number of primary amides is 1. The number of amides is 1. The standard InChI is InChI=1S/C18H18F3N2O2S.C7H13NO.K/c19-18(20,21)13-6-11-17(22-12-13)23-14-7-9-16(10-8-14)26(24,25)15-4-2-1-3-5-15;1-3-6(4-2)5-7(8)9;/h2-6,11-12,14,16H,7-10H2,(H,22,23);6H,1-5H2,(H2,8,9);/q-1;-2;+1. The topological polar surface area (TPSA) is 102 Å². The summed E-state index contributed by atoms with van der Waals surface area (Å²) in [6, 6.07) is 11.3. The van der Waals surface area contributed by atoms with Crippen LogP contribution in [0.5, 0.6) is 0 Å². The number of carbonyl (C=O) groups excluding carboxylic acids is 1. The quantitative estimate of drug-likeness (QED) is 0.388. The van der Waals surface area contributed by atoms with Crippen LogP contribution in [0.3, 0.4) is 0 Å². The van der Waals surface area contributed by atoms with Crippen molar-refractivity contribution < 1.29 is 77.8 Å². The zero-order valence-corrected chi connectivity index (χ0v) is 24.4. The van der Waals surface area contributed by atoms with E-state index in [1.165, 1.54) is 6.07 Å². The minimum atomic E-state index is -4.41. The number of hydrogen-bond donors (Lipinski definition) is 2. The van der Waals surface area contributed by atoms with Crippen molar-refractivity contribution >= 4 is 21.6 Å². The van der Waals surface area contributed by atoms with Crippen molar-refractivity contribution in [3.8, 4) is 0 Å². The van der Waals surface area contributed by atoms with Gasteiger partial charge in [0.05, 0.1) is 10.8 Å². The second-order valence-corrected chi connectivity index (χ2v) is 10.7. The molecule has 1 aromatic carbocycles. The maximum atomic E-state index is 12.6. The van der Waals surface area contributed by atoms with Crippen LogP contribution in [-0.2, 0) is 20.8 Å². The summed E-state index contributed by atoms with van der Waals surface area (Å²) in [6.45, 7) is 7.32. The van der Waals surface area contributed by atoms with Gasteiger partial charge in [-0.05, 0) is 42.7 Å². The molecular formula is C25H31F3KN3O3S-2. The number of nitrogens with zero attached hydrogens (tertiary/aromatic N) is 1. The third-order valence-electron chi connectivity index (χ3n) is 5.88. The van der Waals surface area contributed by atoms with Gasteiger partial charge in [0, 0.05) is 18.7 Å². The summed E-state index contributed by atoms with van der Waals surface area (Å²) >= 11 is 0. The molecule has 1 aliphatic carbocycles. The van der Waals surface area contributed by atoms with Crippen LogP contribution >= 0.6 is 0 Å². The second kappa shape index (κ2) is 15.4. The third-order valence-corrected chi connectivity index (χ3v) is 8.16. The van der Waals surface area contributed by atoms with Crippen LogP contribution < -0.4 is 62.4 Å². The zero-order valence-electron chi connectivity index (χ0n) is 20.4. The van der Waals surface area contributed by atoms with Crippen molar-refractivity contribution in [2.45, 2.75) is 67.3 Å². The number of aromatic nitrogens is 1. The fourth-order valence-electron chi connectivity index (χ4n) is 3.76. The average molecular weight is 550 g/mol. The van der Waals surface area contributed by atoms with E-state index >= 15 is 0 Å². The molecule has 2 aromatic rings. The molecule has 1 aromatic heterocycles. The van der Waals surface area contributed by atoms with Crippen LogP contribution in [0.1, 0.15) is 50.5 Å². The molecule has 194 valence electrons. The molecule has 1 aliphatic rings. The number of sulfone groups is 1. The fourth-order valence-corrected chi connectivity index (χ4v) is 5.55. The van der Waals surface area contributed by atoms with Crippen LogP contribution in [0.2, 0.25) is 0 Å². The number of alkyl halides is 3. The Morgan fingerprint density at radius 2 is 1.69 bits per heavy atom. The summed E-state index contributed by atoms with van der Waals surface area (Å²) in [5.74, 6) is 0.387. The number of hydrogen-bond acceptors (Lipinski definition) is 5. The predicted molar refractivity (Wildman–Crippen MR) is 129 cm³/mol. The molecule has 0 radical (unpaired) electrons. The van der Waals surface area contributed by atoms with E-state index < -0.39 is 26.8 Å². The molecule has 11 heteroatoms. The van der Waals surface area contributed by atoms with Gasteiger partial charge in [-0.3, -0.25) is 4.79 Å². The number of halogens is 3. The summed E-state index contributed by atoms with van der Waals surface area (Å²) in [6.07, 6.45) is 0.527. The van der Waals surface area contributed by atoms with E-state index in [2.05, 4.69) is 30.2 Å². The van der Waals surface area contributed by atoms with E-state index in [0.29, 0.717) is 42.8 Å². The number of nitrogens with one attached hydrogen (secondary N) is 1. The Balaban J connectivity index is 0.000000557. The monoisotopic (exact) mass is 549 g/mol. The first-order valence-corrected chi connectivity index (χ1v) is 12.9. The number of anilines is 1. The van der Waals surface area contributed by atoms with Gasteiger partial charge in [0.1, 0.15) is 5.82 Å². The summed E-state index contributed by atoms with van der Waals surface area (Å²) in [5, 5.41) is 2.65. The van der Waals surface area contributed by atoms with Crippen LogP contribution in [0.4, 0.5) is 19.0 Å². The van der Waals surface area contributed by atoms with E-state index in [1.807, 2.05) is 0 Å². The number of benzene rings is 1. The Morgan fingerprint density at radius 3 is 2.11 bits per heavy atom. The van der Waals surface area contributed by atoms with Gasteiger partial charge in [-0.25, -0.2) is 13.4 Å². The van der Waals surface area contributed by atoms with Gasteiger partial charge in [-0.15, -0.1) is 0 Å². The second-order valence-electron chi connectivity index (χ2n) is 8.44. The molecule has 3 N–H and O–H groups in total. The minimum absolute atomic E-state index is 0. The summed E-state index contributed by atoms with van der Waals surface area (Å²) < 4.78 is 62.9. The van der Waals surface area contributed by atoms with Gasteiger partial charge < -0.3 is 24.9 Å². The SMILES string of the molecule is O=S(=O)(c1cc[c-]cc1)C1CCC(Nc2ccc(C(F)(F)F)cn2)CC1.[CH2-]CC(C[CH2-])CC(N)=O.[K+]. The Hall–Kier alpha value is -0.984. The molecule has 36 heavy (non-hydrogen) atoms.